The Hall–Kier alpha value is -0.870. The molecule has 1 aromatic rings. The quantitative estimate of drug-likeness (QED) is 0.603. The zero-order valence-corrected chi connectivity index (χ0v) is 5.46. The average Bonchev–Trinajstić information content (AvgIpc) is 2.44. The van der Waals surface area contributed by atoms with Crippen molar-refractivity contribution >= 4 is 0 Å². The summed E-state index contributed by atoms with van der Waals surface area (Å²) in [5, 5.41) is 3.78. The first kappa shape index (κ1) is 5.88. The normalized spacial score (nSPS) is 15.7. The average molecular weight is 140 g/mol. The van der Waals surface area contributed by atoms with Gasteiger partial charge < -0.3 is 15.0 Å². The van der Waals surface area contributed by atoms with Crippen LogP contribution in [0.2, 0.25) is 0 Å². The van der Waals surface area contributed by atoms with Crippen molar-refractivity contribution < 1.29 is 9.26 Å². The molecular weight excluding hydrogens is 132 g/mol. The first-order valence-electron chi connectivity index (χ1n) is 3.16. The Kier molecular flexibility index (Phi) is 1.22. The van der Waals surface area contributed by atoms with Crippen molar-refractivity contribution in [2.24, 2.45) is 5.73 Å². The molecule has 4 nitrogen and oxygen atoms in total. The summed E-state index contributed by atoms with van der Waals surface area (Å²) in [6.07, 6.45) is 0. The van der Waals surface area contributed by atoms with Crippen LogP contribution in [0, 0.1) is 0 Å². The van der Waals surface area contributed by atoms with Gasteiger partial charge in [0.25, 0.3) is 0 Å². The van der Waals surface area contributed by atoms with Gasteiger partial charge in [-0.25, -0.2) is 0 Å². The van der Waals surface area contributed by atoms with Crippen molar-refractivity contribution in [1.82, 2.24) is 5.16 Å². The third-order valence-electron chi connectivity index (χ3n) is 1.62. The molecule has 0 fully saturated rings. The van der Waals surface area contributed by atoms with Crippen LogP contribution >= 0.6 is 0 Å². The SMILES string of the molecule is NCc1noc2c1COC2. The van der Waals surface area contributed by atoms with Crippen LogP contribution in [-0.4, -0.2) is 5.16 Å². The summed E-state index contributed by atoms with van der Waals surface area (Å²) >= 11 is 0. The minimum Gasteiger partial charge on any atom is -0.368 e. The molecule has 1 aliphatic heterocycles. The van der Waals surface area contributed by atoms with Crippen molar-refractivity contribution in [1.29, 1.82) is 0 Å². The molecule has 2 N–H and O–H groups in total. The zero-order chi connectivity index (χ0) is 6.97. The first-order chi connectivity index (χ1) is 4.92. The second-order valence-corrected chi connectivity index (χ2v) is 2.23. The topological polar surface area (TPSA) is 61.3 Å². The van der Waals surface area contributed by atoms with Gasteiger partial charge >= 0.3 is 0 Å². The Bertz CT molecular complexity index is 244. The lowest BCUT2D eigenvalue weighted by Gasteiger charge is -1.89. The molecule has 2 rings (SSSR count). The Balaban J connectivity index is 2.44. The Labute approximate surface area is 57.9 Å². The highest BCUT2D eigenvalue weighted by Crippen LogP contribution is 2.22. The minimum absolute atomic E-state index is 0.433. The predicted molar refractivity (Wildman–Crippen MR) is 32.9 cm³/mol. The zero-order valence-electron chi connectivity index (χ0n) is 5.46. The van der Waals surface area contributed by atoms with Gasteiger partial charge in [-0.15, -0.1) is 0 Å². The molecule has 10 heavy (non-hydrogen) atoms. The largest absolute Gasteiger partial charge is 0.368 e. The lowest BCUT2D eigenvalue weighted by molar-refractivity contribution is 0.117. The van der Waals surface area contributed by atoms with E-state index in [4.69, 9.17) is 15.0 Å². The van der Waals surface area contributed by atoms with Crippen molar-refractivity contribution in [2.75, 3.05) is 0 Å². The van der Waals surface area contributed by atoms with E-state index in [0.29, 0.717) is 19.8 Å². The van der Waals surface area contributed by atoms with Crippen molar-refractivity contribution in [3.8, 4) is 0 Å². The molecule has 2 heterocycles. The number of rotatable bonds is 1. The summed E-state index contributed by atoms with van der Waals surface area (Å²) in [6.45, 7) is 1.58. The maximum atomic E-state index is 5.39. The Morgan fingerprint density at radius 1 is 1.50 bits per heavy atom. The van der Waals surface area contributed by atoms with E-state index in [1.165, 1.54) is 0 Å². The maximum absolute atomic E-state index is 5.39. The number of aromatic nitrogens is 1. The van der Waals surface area contributed by atoms with Gasteiger partial charge in [0, 0.05) is 12.1 Å². The summed E-state index contributed by atoms with van der Waals surface area (Å²) in [5.74, 6) is 0.834. The van der Waals surface area contributed by atoms with Crippen molar-refractivity contribution in [3.05, 3.63) is 17.0 Å². The molecule has 0 amide bonds. The number of ether oxygens (including phenoxy) is 1. The Morgan fingerprint density at radius 3 is 3.20 bits per heavy atom. The minimum atomic E-state index is 0.433. The lowest BCUT2D eigenvalue weighted by atomic mass is 10.2. The number of nitrogens with zero attached hydrogens (tertiary/aromatic N) is 1. The molecule has 0 saturated carbocycles. The molecule has 0 spiro atoms. The fourth-order valence-corrected chi connectivity index (χ4v) is 1.06. The van der Waals surface area contributed by atoms with Gasteiger partial charge in [-0.2, -0.15) is 0 Å². The monoisotopic (exact) mass is 140 g/mol. The molecule has 1 aliphatic rings. The molecule has 0 atom stereocenters. The van der Waals surface area contributed by atoms with Gasteiger partial charge in [0.05, 0.1) is 6.61 Å². The molecular formula is C6H8N2O2. The van der Waals surface area contributed by atoms with Gasteiger partial charge in [0.2, 0.25) is 0 Å². The maximum Gasteiger partial charge on any atom is 0.168 e. The molecule has 54 valence electrons. The highest BCUT2D eigenvalue weighted by atomic mass is 16.5. The number of hydrogen-bond donors (Lipinski definition) is 1. The van der Waals surface area contributed by atoms with Crippen LogP contribution in [0.25, 0.3) is 0 Å². The number of nitrogens with two attached hydrogens (primary N) is 1. The van der Waals surface area contributed by atoms with Gasteiger partial charge in [-0.05, 0) is 0 Å². The summed E-state index contributed by atoms with van der Waals surface area (Å²) in [7, 11) is 0. The van der Waals surface area contributed by atoms with Crippen LogP contribution in [0.15, 0.2) is 4.52 Å². The third kappa shape index (κ3) is 0.661. The van der Waals surface area contributed by atoms with E-state index in [1.54, 1.807) is 0 Å². The van der Waals surface area contributed by atoms with Crippen LogP contribution in [0.1, 0.15) is 17.0 Å². The van der Waals surface area contributed by atoms with E-state index < -0.39 is 0 Å². The molecule has 0 saturated heterocycles. The predicted octanol–water partition coefficient (Wildman–Crippen LogP) is 0.163. The smallest absolute Gasteiger partial charge is 0.168 e. The van der Waals surface area contributed by atoms with E-state index in [1.807, 2.05) is 0 Å². The van der Waals surface area contributed by atoms with Gasteiger partial charge in [-0.3, -0.25) is 0 Å². The van der Waals surface area contributed by atoms with E-state index in [9.17, 15) is 0 Å². The number of hydrogen-bond acceptors (Lipinski definition) is 4. The van der Waals surface area contributed by atoms with Crippen LogP contribution in [0.3, 0.4) is 0 Å². The molecule has 4 heteroatoms. The fraction of sp³-hybridized carbons (Fsp3) is 0.500. The van der Waals surface area contributed by atoms with Gasteiger partial charge in [0.15, 0.2) is 5.76 Å². The highest BCUT2D eigenvalue weighted by molar-refractivity contribution is 5.23. The fourth-order valence-electron chi connectivity index (χ4n) is 1.06. The van der Waals surface area contributed by atoms with Crippen molar-refractivity contribution in [3.63, 3.8) is 0 Å². The Morgan fingerprint density at radius 2 is 2.40 bits per heavy atom. The lowest BCUT2D eigenvalue weighted by Crippen LogP contribution is -1.99. The standard InChI is InChI=1S/C6H8N2O2/c7-1-5-4-2-9-3-6(4)10-8-5/h1-3,7H2. The van der Waals surface area contributed by atoms with Crippen LogP contribution in [0.5, 0.6) is 0 Å². The molecule has 0 bridgehead atoms. The number of fused-ring (bicyclic) bond motifs is 1. The van der Waals surface area contributed by atoms with E-state index in [-0.39, 0.29) is 0 Å². The van der Waals surface area contributed by atoms with Crippen molar-refractivity contribution in [2.45, 2.75) is 19.8 Å². The molecule has 0 radical (unpaired) electrons. The van der Waals surface area contributed by atoms with E-state index >= 15 is 0 Å². The summed E-state index contributed by atoms with van der Waals surface area (Å²) in [5.41, 5.74) is 7.26. The first-order valence-corrected chi connectivity index (χ1v) is 3.16. The van der Waals surface area contributed by atoms with E-state index in [0.717, 1.165) is 17.0 Å². The van der Waals surface area contributed by atoms with E-state index in [2.05, 4.69) is 5.16 Å². The molecule has 0 unspecified atom stereocenters. The molecule has 0 aliphatic carbocycles. The van der Waals surface area contributed by atoms with Crippen LogP contribution in [-0.2, 0) is 24.5 Å². The van der Waals surface area contributed by atoms with Crippen LogP contribution < -0.4 is 5.73 Å². The summed E-state index contributed by atoms with van der Waals surface area (Å²) < 4.78 is 10.1. The summed E-state index contributed by atoms with van der Waals surface area (Å²) in [6, 6.07) is 0. The van der Waals surface area contributed by atoms with Crippen LogP contribution in [0.4, 0.5) is 0 Å². The van der Waals surface area contributed by atoms with Gasteiger partial charge in [-0.1, -0.05) is 5.16 Å². The summed E-state index contributed by atoms with van der Waals surface area (Å²) in [4.78, 5) is 0. The third-order valence-corrected chi connectivity index (χ3v) is 1.62. The second kappa shape index (κ2) is 2.07. The second-order valence-electron chi connectivity index (χ2n) is 2.23. The molecule has 1 aromatic heterocycles. The van der Waals surface area contributed by atoms with Gasteiger partial charge in [0.1, 0.15) is 12.3 Å². The highest BCUT2D eigenvalue weighted by Gasteiger charge is 2.20. The molecule has 0 aromatic carbocycles.